The number of nitrogens with zero attached hydrogens (tertiary/aromatic N) is 1. The summed E-state index contributed by atoms with van der Waals surface area (Å²) in [5.74, 6) is -0.972. The van der Waals surface area contributed by atoms with Crippen LogP contribution < -0.4 is 5.32 Å². The molecule has 0 fully saturated rings. The second kappa shape index (κ2) is 11.3. The van der Waals surface area contributed by atoms with Crippen LogP contribution in [-0.4, -0.2) is 81.8 Å². The molecule has 0 heterocycles. The fraction of sp³-hybridized carbons (Fsp3) is 0.846. The first-order valence-corrected chi connectivity index (χ1v) is 6.73. The third kappa shape index (κ3) is 8.49. The van der Waals surface area contributed by atoms with Crippen molar-refractivity contribution in [1.29, 1.82) is 0 Å². The Kier molecular flexibility index (Phi) is 10.6. The number of hydrogen-bond donors (Lipinski definition) is 2. The SMILES string of the molecule is COCCN(C(=O)NCC(CC(=O)O)OC)C(C)COC. The van der Waals surface area contributed by atoms with Gasteiger partial charge in [0.15, 0.2) is 0 Å². The molecule has 0 aliphatic heterocycles. The summed E-state index contributed by atoms with van der Waals surface area (Å²) in [7, 11) is 4.54. The van der Waals surface area contributed by atoms with Gasteiger partial charge in [-0.25, -0.2) is 4.79 Å². The molecule has 21 heavy (non-hydrogen) atoms. The highest BCUT2D eigenvalue weighted by Gasteiger charge is 2.21. The van der Waals surface area contributed by atoms with E-state index in [1.165, 1.54) is 7.11 Å². The number of carboxylic acid groups (broad SMARTS) is 1. The lowest BCUT2D eigenvalue weighted by Crippen LogP contribution is -2.49. The molecule has 2 amide bonds. The smallest absolute Gasteiger partial charge is 0.317 e. The van der Waals surface area contributed by atoms with Crippen LogP contribution in [0.5, 0.6) is 0 Å². The highest BCUT2D eigenvalue weighted by Crippen LogP contribution is 2.02. The number of amides is 2. The minimum absolute atomic E-state index is 0.120. The van der Waals surface area contributed by atoms with E-state index >= 15 is 0 Å². The molecule has 0 saturated heterocycles. The zero-order valence-corrected chi connectivity index (χ0v) is 13.1. The first-order chi connectivity index (χ1) is 9.96. The summed E-state index contributed by atoms with van der Waals surface area (Å²) < 4.78 is 15.1. The van der Waals surface area contributed by atoms with Gasteiger partial charge in [-0.15, -0.1) is 0 Å². The molecule has 0 aliphatic rings. The molecule has 8 nitrogen and oxygen atoms in total. The van der Waals surface area contributed by atoms with Crippen LogP contribution >= 0.6 is 0 Å². The Morgan fingerprint density at radius 3 is 2.38 bits per heavy atom. The van der Waals surface area contributed by atoms with Gasteiger partial charge in [0.1, 0.15) is 0 Å². The molecule has 0 radical (unpaired) electrons. The molecule has 0 spiro atoms. The molecule has 0 aromatic rings. The van der Waals surface area contributed by atoms with Crippen LogP contribution in [0, 0.1) is 0 Å². The summed E-state index contributed by atoms with van der Waals surface area (Å²) in [6.45, 7) is 3.22. The third-order valence-electron chi connectivity index (χ3n) is 2.95. The van der Waals surface area contributed by atoms with Crippen molar-refractivity contribution in [2.24, 2.45) is 0 Å². The predicted octanol–water partition coefficient (Wildman–Crippen LogP) is 0.169. The van der Waals surface area contributed by atoms with Gasteiger partial charge in [-0.1, -0.05) is 0 Å². The molecule has 2 atom stereocenters. The van der Waals surface area contributed by atoms with Crippen molar-refractivity contribution in [3.05, 3.63) is 0 Å². The normalized spacial score (nSPS) is 13.5. The summed E-state index contributed by atoms with van der Waals surface area (Å²) in [6, 6.07) is -0.422. The number of carbonyl (C=O) groups excluding carboxylic acids is 1. The van der Waals surface area contributed by atoms with E-state index in [0.29, 0.717) is 19.8 Å². The topological polar surface area (TPSA) is 97.3 Å². The van der Waals surface area contributed by atoms with Gasteiger partial charge in [0.2, 0.25) is 0 Å². The van der Waals surface area contributed by atoms with Crippen LogP contribution in [0.1, 0.15) is 13.3 Å². The van der Waals surface area contributed by atoms with Crippen molar-refractivity contribution in [1.82, 2.24) is 10.2 Å². The van der Waals surface area contributed by atoms with E-state index in [1.54, 1.807) is 19.1 Å². The zero-order chi connectivity index (χ0) is 16.3. The average molecular weight is 306 g/mol. The Balaban J connectivity index is 4.46. The lowest BCUT2D eigenvalue weighted by atomic mass is 10.2. The maximum Gasteiger partial charge on any atom is 0.317 e. The van der Waals surface area contributed by atoms with Gasteiger partial charge in [0.25, 0.3) is 0 Å². The standard InChI is InChI=1S/C13H26N2O6/c1-10(9-20-3)15(5-6-19-2)13(18)14-8-11(21-4)7-12(16)17/h10-11H,5-9H2,1-4H3,(H,14,18)(H,16,17). The molecule has 2 unspecified atom stereocenters. The Labute approximate surface area is 125 Å². The van der Waals surface area contributed by atoms with Gasteiger partial charge >= 0.3 is 12.0 Å². The predicted molar refractivity (Wildman–Crippen MR) is 76.4 cm³/mol. The minimum Gasteiger partial charge on any atom is -0.481 e. The van der Waals surface area contributed by atoms with E-state index in [-0.39, 0.29) is 25.0 Å². The Morgan fingerprint density at radius 1 is 1.24 bits per heavy atom. The Morgan fingerprint density at radius 2 is 1.90 bits per heavy atom. The number of hydrogen-bond acceptors (Lipinski definition) is 5. The number of carboxylic acids is 1. The number of ether oxygens (including phenoxy) is 3. The maximum absolute atomic E-state index is 12.2. The Hall–Kier alpha value is -1.38. The van der Waals surface area contributed by atoms with E-state index < -0.39 is 12.1 Å². The first-order valence-electron chi connectivity index (χ1n) is 6.73. The molecule has 0 bridgehead atoms. The highest BCUT2D eigenvalue weighted by molar-refractivity contribution is 5.74. The van der Waals surface area contributed by atoms with Gasteiger partial charge in [0.05, 0.1) is 31.8 Å². The second-order valence-electron chi connectivity index (χ2n) is 4.63. The molecule has 0 aromatic heterocycles. The highest BCUT2D eigenvalue weighted by atomic mass is 16.5. The summed E-state index contributed by atoms with van der Waals surface area (Å²) in [5, 5.41) is 11.4. The molecule has 8 heteroatoms. The first kappa shape index (κ1) is 19.6. The lowest BCUT2D eigenvalue weighted by Gasteiger charge is -2.29. The summed E-state index contributed by atoms with van der Waals surface area (Å²) in [6.07, 6.45) is -0.726. The molecule has 2 N–H and O–H groups in total. The monoisotopic (exact) mass is 306 g/mol. The van der Waals surface area contributed by atoms with Gasteiger partial charge < -0.3 is 29.5 Å². The number of urea groups is 1. The van der Waals surface area contributed by atoms with Crippen molar-refractivity contribution >= 4 is 12.0 Å². The summed E-state index contributed by atoms with van der Waals surface area (Å²) in [4.78, 5) is 24.4. The molecule has 0 saturated carbocycles. The van der Waals surface area contributed by atoms with Crippen LogP contribution in [0.15, 0.2) is 0 Å². The summed E-state index contributed by atoms with van der Waals surface area (Å²) >= 11 is 0. The largest absolute Gasteiger partial charge is 0.481 e. The molecule has 124 valence electrons. The van der Waals surface area contributed by atoms with Crippen molar-refractivity contribution < 1.29 is 28.9 Å². The fourth-order valence-electron chi connectivity index (χ4n) is 1.78. The van der Waals surface area contributed by atoms with Gasteiger partial charge in [-0.2, -0.15) is 0 Å². The van der Waals surface area contributed by atoms with Crippen LogP contribution in [0.25, 0.3) is 0 Å². The second-order valence-corrected chi connectivity index (χ2v) is 4.63. The van der Waals surface area contributed by atoms with Crippen LogP contribution in [-0.2, 0) is 19.0 Å². The Bertz CT molecular complexity index is 313. The summed E-state index contributed by atoms with van der Waals surface area (Å²) in [5.41, 5.74) is 0. The number of carbonyl (C=O) groups is 2. The average Bonchev–Trinajstić information content (AvgIpc) is 2.43. The van der Waals surface area contributed by atoms with E-state index in [0.717, 1.165) is 0 Å². The van der Waals surface area contributed by atoms with Gasteiger partial charge in [-0.05, 0) is 6.92 Å². The van der Waals surface area contributed by atoms with Gasteiger partial charge in [-0.3, -0.25) is 4.79 Å². The molecule has 0 aliphatic carbocycles. The van der Waals surface area contributed by atoms with Gasteiger partial charge in [0, 0.05) is 34.4 Å². The van der Waals surface area contributed by atoms with Crippen molar-refractivity contribution in [3.63, 3.8) is 0 Å². The maximum atomic E-state index is 12.2. The van der Waals surface area contributed by atoms with Crippen LogP contribution in [0.2, 0.25) is 0 Å². The molecule has 0 aromatic carbocycles. The van der Waals surface area contributed by atoms with Crippen molar-refractivity contribution in [3.8, 4) is 0 Å². The van der Waals surface area contributed by atoms with E-state index in [2.05, 4.69) is 5.32 Å². The van der Waals surface area contributed by atoms with Crippen molar-refractivity contribution in [2.75, 3.05) is 47.6 Å². The number of rotatable bonds is 11. The number of methoxy groups -OCH3 is 3. The van der Waals surface area contributed by atoms with Crippen LogP contribution in [0.3, 0.4) is 0 Å². The van der Waals surface area contributed by atoms with E-state index in [1.807, 2.05) is 6.92 Å². The number of aliphatic carboxylic acids is 1. The lowest BCUT2D eigenvalue weighted by molar-refractivity contribution is -0.139. The third-order valence-corrected chi connectivity index (χ3v) is 2.95. The number of nitrogens with one attached hydrogen (secondary N) is 1. The fourth-order valence-corrected chi connectivity index (χ4v) is 1.78. The van der Waals surface area contributed by atoms with E-state index in [9.17, 15) is 9.59 Å². The molecular weight excluding hydrogens is 280 g/mol. The quantitative estimate of drug-likeness (QED) is 0.565. The molecule has 0 rings (SSSR count). The molecular formula is C13H26N2O6. The zero-order valence-electron chi connectivity index (χ0n) is 13.1. The van der Waals surface area contributed by atoms with Crippen LogP contribution in [0.4, 0.5) is 4.79 Å². The minimum atomic E-state index is -0.972. The van der Waals surface area contributed by atoms with Crippen molar-refractivity contribution in [2.45, 2.75) is 25.5 Å². The van der Waals surface area contributed by atoms with E-state index in [4.69, 9.17) is 19.3 Å².